The van der Waals surface area contributed by atoms with E-state index < -0.39 is 29.9 Å². The Labute approximate surface area is 152 Å². The topological polar surface area (TPSA) is 97.6 Å². The van der Waals surface area contributed by atoms with E-state index in [1.165, 1.54) is 26.2 Å². The number of carbonyl (C=O) groups excluding carboxylic acids is 3. The lowest BCUT2D eigenvalue weighted by Gasteiger charge is -2.17. The maximum absolute atomic E-state index is 12.1. The highest BCUT2D eigenvalue weighted by molar-refractivity contribution is 9.10. The molecule has 0 aliphatic heterocycles. The standard InChI is InChI=1S/C17H17BrN2O5/c1-10(19-16(22)14-7-4-8-24-14)17(23)25-11(2)15(21)20-13-6-3-5-12(18)9-13/h3-11H,1-2H3,(H,19,22)(H,20,21)/t10-,11+/m0/s1. The molecule has 0 saturated heterocycles. The molecular weight excluding hydrogens is 392 g/mol. The molecule has 0 fully saturated rings. The number of halogens is 1. The average Bonchev–Trinajstić information content (AvgIpc) is 3.09. The molecule has 2 amide bonds. The fourth-order valence-electron chi connectivity index (χ4n) is 1.87. The van der Waals surface area contributed by atoms with E-state index in [-0.39, 0.29) is 5.76 Å². The van der Waals surface area contributed by atoms with Crippen LogP contribution in [0.3, 0.4) is 0 Å². The molecular formula is C17H17BrN2O5. The van der Waals surface area contributed by atoms with Crippen LogP contribution >= 0.6 is 15.9 Å². The van der Waals surface area contributed by atoms with Gasteiger partial charge in [0, 0.05) is 10.2 Å². The van der Waals surface area contributed by atoms with Gasteiger partial charge in [0.1, 0.15) is 6.04 Å². The minimum Gasteiger partial charge on any atom is -0.459 e. The van der Waals surface area contributed by atoms with Crippen molar-refractivity contribution >= 4 is 39.4 Å². The molecule has 25 heavy (non-hydrogen) atoms. The van der Waals surface area contributed by atoms with Crippen LogP contribution in [0.25, 0.3) is 0 Å². The van der Waals surface area contributed by atoms with Gasteiger partial charge in [-0.15, -0.1) is 0 Å². The first-order valence-electron chi connectivity index (χ1n) is 7.48. The van der Waals surface area contributed by atoms with Crippen LogP contribution < -0.4 is 10.6 Å². The third kappa shape index (κ3) is 5.46. The summed E-state index contributed by atoms with van der Waals surface area (Å²) in [5, 5.41) is 5.08. The van der Waals surface area contributed by atoms with Gasteiger partial charge in [0.2, 0.25) is 0 Å². The van der Waals surface area contributed by atoms with Crippen LogP contribution in [-0.4, -0.2) is 29.9 Å². The van der Waals surface area contributed by atoms with Crippen molar-refractivity contribution in [3.05, 3.63) is 52.9 Å². The summed E-state index contributed by atoms with van der Waals surface area (Å²) in [4.78, 5) is 35.9. The number of nitrogens with one attached hydrogen (secondary N) is 2. The molecule has 2 N–H and O–H groups in total. The van der Waals surface area contributed by atoms with E-state index in [4.69, 9.17) is 9.15 Å². The Hall–Kier alpha value is -2.61. The van der Waals surface area contributed by atoms with Crippen LogP contribution in [0.1, 0.15) is 24.4 Å². The highest BCUT2D eigenvalue weighted by atomic mass is 79.9. The molecule has 0 saturated carbocycles. The molecule has 0 spiro atoms. The average molecular weight is 409 g/mol. The van der Waals surface area contributed by atoms with Crippen molar-refractivity contribution in [2.75, 3.05) is 5.32 Å². The van der Waals surface area contributed by atoms with Crippen molar-refractivity contribution in [1.29, 1.82) is 0 Å². The molecule has 7 nitrogen and oxygen atoms in total. The number of benzene rings is 1. The van der Waals surface area contributed by atoms with E-state index in [2.05, 4.69) is 26.6 Å². The van der Waals surface area contributed by atoms with Crippen molar-refractivity contribution < 1.29 is 23.5 Å². The van der Waals surface area contributed by atoms with Crippen LogP contribution in [0, 0.1) is 0 Å². The van der Waals surface area contributed by atoms with Gasteiger partial charge in [-0.05, 0) is 44.2 Å². The number of ether oxygens (including phenoxy) is 1. The summed E-state index contributed by atoms with van der Waals surface area (Å²) in [5.41, 5.74) is 0.571. The van der Waals surface area contributed by atoms with Gasteiger partial charge < -0.3 is 19.8 Å². The van der Waals surface area contributed by atoms with Crippen LogP contribution in [0.4, 0.5) is 5.69 Å². The summed E-state index contributed by atoms with van der Waals surface area (Å²) >= 11 is 3.30. The smallest absolute Gasteiger partial charge is 0.329 e. The summed E-state index contributed by atoms with van der Waals surface area (Å²) in [6, 6.07) is 9.12. The summed E-state index contributed by atoms with van der Waals surface area (Å²) in [7, 11) is 0. The molecule has 2 rings (SSSR count). The molecule has 0 bridgehead atoms. The number of carbonyl (C=O) groups is 3. The zero-order valence-electron chi connectivity index (χ0n) is 13.6. The predicted molar refractivity (Wildman–Crippen MR) is 94.0 cm³/mol. The molecule has 2 aromatic rings. The SMILES string of the molecule is C[C@H](NC(=O)c1ccco1)C(=O)O[C@H](C)C(=O)Nc1cccc(Br)c1. The third-order valence-corrected chi connectivity index (χ3v) is 3.69. The zero-order chi connectivity index (χ0) is 18.4. The Morgan fingerprint density at radius 2 is 1.92 bits per heavy atom. The summed E-state index contributed by atoms with van der Waals surface area (Å²) in [6.07, 6.45) is 0.334. The largest absolute Gasteiger partial charge is 0.459 e. The Morgan fingerprint density at radius 1 is 1.16 bits per heavy atom. The van der Waals surface area contributed by atoms with E-state index in [1.54, 1.807) is 24.3 Å². The second kappa shape index (κ2) is 8.48. The molecule has 8 heteroatoms. The van der Waals surface area contributed by atoms with Gasteiger partial charge in [-0.2, -0.15) is 0 Å². The van der Waals surface area contributed by atoms with Gasteiger partial charge in [-0.1, -0.05) is 22.0 Å². The number of rotatable bonds is 6. The number of hydrogen-bond donors (Lipinski definition) is 2. The van der Waals surface area contributed by atoms with Crippen molar-refractivity contribution in [1.82, 2.24) is 5.32 Å². The van der Waals surface area contributed by atoms with Gasteiger partial charge in [-0.3, -0.25) is 9.59 Å². The molecule has 0 aliphatic rings. The van der Waals surface area contributed by atoms with Crippen LogP contribution in [0.2, 0.25) is 0 Å². The van der Waals surface area contributed by atoms with Crippen LogP contribution in [-0.2, 0) is 14.3 Å². The monoisotopic (exact) mass is 408 g/mol. The molecule has 0 aliphatic carbocycles. The summed E-state index contributed by atoms with van der Waals surface area (Å²) in [5.74, 6) is -1.66. The van der Waals surface area contributed by atoms with Gasteiger partial charge in [0.15, 0.2) is 11.9 Å². The molecule has 132 valence electrons. The molecule has 1 aromatic heterocycles. The molecule has 0 unspecified atom stereocenters. The van der Waals surface area contributed by atoms with E-state index in [1.807, 2.05) is 6.07 Å². The second-order valence-corrected chi connectivity index (χ2v) is 6.17. The number of amides is 2. The first-order valence-corrected chi connectivity index (χ1v) is 8.27. The molecule has 1 aromatic carbocycles. The molecule has 2 atom stereocenters. The number of hydrogen-bond acceptors (Lipinski definition) is 5. The first kappa shape index (κ1) is 18.7. The fraction of sp³-hybridized carbons (Fsp3) is 0.235. The number of esters is 1. The Bertz CT molecular complexity index is 760. The van der Waals surface area contributed by atoms with Gasteiger partial charge in [-0.25, -0.2) is 4.79 Å². The van der Waals surface area contributed by atoms with Crippen molar-refractivity contribution in [3.63, 3.8) is 0 Å². The normalized spacial score (nSPS) is 12.8. The van der Waals surface area contributed by atoms with Crippen molar-refractivity contribution in [2.45, 2.75) is 26.0 Å². The Kier molecular flexibility index (Phi) is 6.35. The predicted octanol–water partition coefficient (Wildman–Crippen LogP) is 2.73. The summed E-state index contributed by atoms with van der Waals surface area (Å²) < 4.78 is 10.8. The highest BCUT2D eigenvalue weighted by Gasteiger charge is 2.24. The lowest BCUT2D eigenvalue weighted by atomic mass is 10.3. The van der Waals surface area contributed by atoms with E-state index in [0.717, 1.165) is 4.47 Å². The van der Waals surface area contributed by atoms with E-state index in [0.29, 0.717) is 5.69 Å². The second-order valence-electron chi connectivity index (χ2n) is 5.25. The van der Waals surface area contributed by atoms with Crippen LogP contribution in [0.5, 0.6) is 0 Å². The van der Waals surface area contributed by atoms with Crippen molar-refractivity contribution in [2.24, 2.45) is 0 Å². The lowest BCUT2D eigenvalue weighted by molar-refractivity contribution is -0.154. The Morgan fingerprint density at radius 3 is 2.56 bits per heavy atom. The number of anilines is 1. The first-order chi connectivity index (χ1) is 11.9. The zero-order valence-corrected chi connectivity index (χ0v) is 15.2. The Balaban J connectivity index is 1.86. The molecule has 1 heterocycles. The minimum atomic E-state index is -1.02. The fourth-order valence-corrected chi connectivity index (χ4v) is 2.27. The van der Waals surface area contributed by atoms with Gasteiger partial charge >= 0.3 is 5.97 Å². The maximum Gasteiger partial charge on any atom is 0.329 e. The van der Waals surface area contributed by atoms with Gasteiger partial charge in [0.05, 0.1) is 6.26 Å². The van der Waals surface area contributed by atoms with Crippen LogP contribution in [0.15, 0.2) is 51.6 Å². The van der Waals surface area contributed by atoms with Crippen molar-refractivity contribution in [3.8, 4) is 0 Å². The minimum absolute atomic E-state index is 0.0834. The lowest BCUT2D eigenvalue weighted by Crippen LogP contribution is -2.42. The van der Waals surface area contributed by atoms with E-state index in [9.17, 15) is 14.4 Å². The number of furan rings is 1. The quantitative estimate of drug-likeness (QED) is 0.716. The molecule has 0 radical (unpaired) electrons. The van der Waals surface area contributed by atoms with Gasteiger partial charge in [0.25, 0.3) is 11.8 Å². The summed E-state index contributed by atoms with van der Waals surface area (Å²) in [6.45, 7) is 2.91. The third-order valence-electron chi connectivity index (χ3n) is 3.20. The highest BCUT2D eigenvalue weighted by Crippen LogP contribution is 2.16. The van der Waals surface area contributed by atoms with E-state index >= 15 is 0 Å². The maximum atomic E-state index is 12.1.